The molecule has 1 aromatic carbocycles. The summed E-state index contributed by atoms with van der Waals surface area (Å²) in [6.07, 6.45) is 2.99. The van der Waals surface area contributed by atoms with Crippen LogP contribution in [-0.2, 0) is 0 Å². The van der Waals surface area contributed by atoms with Crippen molar-refractivity contribution < 1.29 is 9.50 Å². The third kappa shape index (κ3) is 1.96. The van der Waals surface area contributed by atoms with Gasteiger partial charge in [0.15, 0.2) is 0 Å². The van der Waals surface area contributed by atoms with Gasteiger partial charge in [-0.25, -0.2) is 4.39 Å². The second kappa shape index (κ2) is 3.69. The number of rotatable bonds is 1. The van der Waals surface area contributed by atoms with Crippen molar-refractivity contribution in [2.75, 3.05) is 0 Å². The average Bonchev–Trinajstić information content (AvgIpc) is 2.22. The van der Waals surface area contributed by atoms with E-state index < -0.39 is 0 Å². The standard InChI is InChI=1S/C12H10FNO/c1-8-4-9(2-3-12(8)13)10-5-11(15)7-14-6-10/h2-7,15H,1H3. The summed E-state index contributed by atoms with van der Waals surface area (Å²) in [6.45, 7) is 1.70. The number of pyridine rings is 1. The molecule has 1 N–H and O–H groups in total. The molecular weight excluding hydrogens is 193 g/mol. The summed E-state index contributed by atoms with van der Waals surface area (Å²) >= 11 is 0. The zero-order valence-corrected chi connectivity index (χ0v) is 8.24. The Morgan fingerprint density at radius 2 is 1.93 bits per heavy atom. The first-order chi connectivity index (χ1) is 7.16. The lowest BCUT2D eigenvalue weighted by atomic mass is 10.1. The first-order valence-electron chi connectivity index (χ1n) is 4.57. The molecule has 0 fully saturated rings. The third-order valence-corrected chi connectivity index (χ3v) is 2.22. The quantitative estimate of drug-likeness (QED) is 0.773. The summed E-state index contributed by atoms with van der Waals surface area (Å²) in [5.41, 5.74) is 2.20. The molecule has 0 atom stereocenters. The molecule has 2 nitrogen and oxygen atoms in total. The van der Waals surface area contributed by atoms with E-state index in [4.69, 9.17) is 0 Å². The number of halogens is 1. The van der Waals surface area contributed by atoms with Gasteiger partial charge >= 0.3 is 0 Å². The number of hydrogen-bond acceptors (Lipinski definition) is 2. The second-order valence-electron chi connectivity index (χ2n) is 3.40. The van der Waals surface area contributed by atoms with Crippen LogP contribution < -0.4 is 0 Å². The number of benzene rings is 1. The Morgan fingerprint density at radius 3 is 2.60 bits per heavy atom. The number of aryl methyl sites for hydroxylation is 1. The molecule has 0 saturated carbocycles. The summed E-state index contributed by atoms with van der Waals surface area (Å²) in [7, 11) is 0. The molecule has 0 radical (unpaired) electrons. The predicted octanol–water partition coefficient (Wildman–Crippen LogP) is 2.90. The Labute approximate surface area is 87.0 Å². The highest BCUT2D eigenvalue weighted by Gasteiger charge is 2.02. The van der Waals surface area contributed by atoms with Gasteiger partial charge in [-0.1, -0.05) is 6.07 Å². The van der Waals surface area contributed by atoms with Crippen molar-refractivity contribution in [2.45, 2.75) is 6.92 Å². The normalized spacial score (nSPS) is 10.3. The van der Waals surface area contributed by atoms with E-state index in [1.807, 2.05) is 0 Å². The maximum absolute atomic E-state index is 13.0. The van der Waals surface area contributed by atoms with Crippen LogP contribution in [0.3, 0.4) is 0 Å². The topological polar surface area (TPSA) is 33.1 Å². The van der Waals surface area contributed by atoms with Crippen molar-refractivity contribution >= 4 is 0 Å². The van der Waals surface area contributed by atoms with Gasteiger partial charge in [0.05, 0.1) is 6.20 Å². The zero-order valence-electron chi connectivity index (χ0n) is 8.24. The lowest BCUT2D eigenvalue weighted by molar-refractivity contribution is 0.473. The highest BCUT2D eigenvalue weighted by Crippen LogP contribution is 2.23. The molecule has 1 heterocycles. The predicted molar refractivity (Wildman–Crippen MR) is 56.0 cm³/mol. The SMILES string of the molecule is Cc1cc(-c2cncc(O)c2)ccc1F. The summed E-state index contributed by atoms with van der Waals surface area (Å²) in [4.78, 5) is 3.87. The van der Waals surface area contributed by atoms with Crippen LogP contribution in [0.1, 0.15) is 5.56 Å². The van der Waals surface area contributed by atoms with Gasteiger partial charge in [0.2, 0.25) is 0 Å². The minimum Gasteiger partial charge on any atom is -0.506 e. The average molecular weight is 203 g/mol. The van der Waals surface area contributed by atoms with E-state index in [-0.39, 0.29) is 11.6 Å². The minimum atomic E-state index is -0.230. The van der Waals surface area contributed by atoms with Crippen LogP contribution in [0.5, 0.6) is 5.75 Å². The fraction of sp³-hybridized carbons (Fsp3) is 0.0833. The lowest BCUT2D eigenvalue weighted by Gasteiger charge is -2.03. The maximum atomic E-state index is 13.0. The largest absolute Gasteiger partial charge is 0.506 e. The Hall–Kier alpha value is -1.90. The molecule has 0 spiro atoms. The Bertz CT molecular complexity index is 497. The lowest BCUT2D eigenvalue weighted by Crippen LogP contribution is -1.85. The number of aromatic hydroxyl groups is 1. The monoisotopic (exact) mass is 203 g/mol. The Morgan fingerprint density at radius 1 is 1.13 bits per heavy atom. The van der Waals surface area contributed by atoms with Crippen molar-refractivity contribution in [3.8, 4) is 16.9 Å². The number of nitrogens with zero attached hydrogens (tertiary/aromatic N) is 1. The third-order valence-electron chi connectivity index (χ3n) is 2.22. The van der Waals surface area contributed by atoms with Crippen LogP contribution in [0.15, 0.2) is 36.7 Å². The number of hydrogen-bond donors (Lipinski definition) is 1. The molecule has 1 aromatic heterocycles. The maximum Gasteiger partial charge on any atom is 0.134 e. The molecule has 2 aromatic rings. The molecule has 0 saturated heterocycles. The van der Waals surface area contributed by atoms with Crippen molar-refractivity contribution in [2.24, 2.45) is 0 Å². The van der Waals surface area contributed by atoms with Crippen molar-refractivity contribution in [1.29, 1.82) is 0 Å². The van der Waals surface area contributed by atoms with Gasteiger partial charge in [-0.2, -0.15) is 0 Å². The summed E-state index contributed by atoms with van der Waals surface area (Å²) in [6, 6.07) is 6.40. The van der Waals surface area contributed by atoms with Gasteiger partial charge in [0, 0.05) is 11.8 Å². The smallest absolute Gasteiger partial charge is 0.134 e. The summed E-state index contributed by atoms with van der Waals surface area (Å²) < 4.78 is 13.0. The van der Waals surface area contributed by atoms with Crippen LogP contribution in [0.2, 0.25) is 0 Å². The van der Waals surface area contributed by atoms with E-state index in [9.17, 15) is 9.50 Å². The second-order valence-corrected chi connectivity index (χ2v) is 3.40. The van der Waals surface area contributed by atoms with E-state index in [2.05, 4.69) is 4.98 Å². The van der Waals surface area contributed by atoms with Crippen molar-refractivity contribution in [3.05, 3.63) is 48.0 Å². The first-order valence-corrected chi connectivity index (χ1v) is 4.57. The fourth-order valence-electron chi connectivity index (χ4n) is 1.41. The Balaban J connectivity index is 2.50. The van der Waals surface area contributed by atoms with Gasteiger partial charge in [-0.15, -0.1) is 0 Å². The van der Waals surface area contributed by atoms with Gasteiger partial charge in [0.1, 0.15) is 11.6 Å². The molecule has 0 aliphatic carbocycles. The van der Waals surface area contributed by atoms with E-state index in [0.29, 0.717) is 5.56 Å². The van der Waals surface area contributed by atoms with Gasteiger partial charge in [0.25, 0.3) is 0 Å². The van der Waals surface area contributed by atoms with E-state index in [1.165, 1.54) is 12.3 Å². The van der Waals surface area contributed by atoms with Crippen LogP contribution in [-0.4, -0.2) is 10.1 Å². The summed E-state index contributed by atoms with van der Waals surface area (Å²) in [5, 5.41) is 9.26. The minimum absolute atomic E-state index is 0.106. The summed E-state index contributed by atoms with van der Waals surface area (Å²) in [5.74, 6) is -0.124. The molecule has 3 heteroatoms. The van der Waals surface area contributed by atoms with Gasteiger partial charge in [-0.05, 0) is 36.2 Å². The number of aromatic nitrogens is 1. The molecule has 0 amide bonds. The van der Waals surface area contributed by atoms with Gasteiger partial charge in [-0.3, -0.25) is 4.98 Å². The van der Waals surface area contributed by atoms with Crippen molar-refractivity contribution in [1.82, 2.24) is 4.98 Å². The molecule has 15 heavy (non-hydrogen) atoms. The molecule has 0 unspecified atom stereocenters. The first kappa shape index (κ1) is 9.65. The van der Waals surface area contributed by atoms with E-state index in [1.54, 1.807) is 31.3 Å². The molecule has 76 valence electrons. The van der Waals surface area contributed by atoms with Crippen LogP contribution >= 0.6 is 0 Å². The molecule has 0 aliphatic heterocycles. The van der Waals surface area contributed by atoms with Crippen molar-refractivity contribution in [3.63, 3.8) is 0 Å². The Kier molecular flexibility index (Phi) is 2.37. The van der Waals surface area contributed by atoms with E-state index in [0.717, 1.165) is 11.1 Å². The molecule has 2 rings (SSSR count). The van der Waals surface area contributed by atoms with Crippen LogP contribution in [0, 0.1) is 12.7 Å². The highest BCUT2D eigenvalue weighted by molar-refractivity contribution is 5.64. The molecule has 0 bridgehead atoms. The van der Waals surface area contributed by atoms with Crippen LogP contribution in [0.4, 0.5) is 4.39 Å². The highest BCUT2D eigenvalue weighted by atomic mass is 19.1. The van der Waals surface area contributed by atoms with E-state index >= 15 is 0 Å². The van der Waals surface area contributed by atoms with Gasteiger partial charge < -0.3 is 5.11 Å². The molecular formula is C12H10FNO. The fourth-order valence-corrected chi connectivity index (χ4v) is 1.41. The molecule has 0 aliphatic rings. The zero-order chi connectivity index (χ0) is 10.8. The van der Waals surface area contributed by atoms with Crippen LogP contribution in [0.25, 0.3) is 11.1 Å².